The van der Waals surface area contributed by atoms with Gasteiger partial charge in [0.2, 0.25) is 0 Å². The van der Waals surface area contributed by atoms with Gasteiger partial charge in [-0.2, -0.15) is 5.10 Å². The Hall–Kier alpha value is -2.66. The van der Waals surface area contributed by atoms with Crippen LogP contribution in [0.2, 0.25) is 0 Å². The lowest BCUT2D eigenvalue weighted by Crippen LogP contribution is -2.18. The van der Waals surface area contributed by atoms with Gasteiger partial charge in [-0.05, 0) is 36.6 Å². The van der Waals surface area contributed by atoms with Gasteiger partial charge < -0.3 is 4.42 Å². The van der Waals surface area contributed by atoms with E-state index in [0.717, 1.165) is 39.2 Å². The smallest absolute Gasteiger partial charge is 0.164 e. The topological polar surface area (TPSA) is 49.9 Å². The number of nitrogens with zero attached hydrogens (tertiary/aromatic N) is 2. The van der Waals surface area contributed by atoms with Crippen LogP contribution in [0.15, 0.2) is 68.4 Å². The number of aryl methyl sites for hydroxylation is 1. The fourth-order valence-corrected chi connectivity index (χ4v) is 3.02. The number of nitrogens with one attached hydrogen (secondary N) is 1. The molecule has 0 saturated carbocycles. The fourth-order valence-electron chi connectivity index (χ4n) is 2.36. The molecule has 0 atom stereocenters. The van der Waals surface area contributed by atoms with E-state index in [1.165, 1.54) is 0 Å². The van der Waals surface area contributed by atoms with Crippen LogP contribution in [0.25, 0.3) is 0 Å². The second-order valence-electron chi connectivity index (χ2n) is 4.94. The van der Waals surface area contributed by atoms with Gasteiger partial charge in [0.15, 0.2) is 11.6 Å². The first-order chi connectivity index (χ1) is 10.8. The van der Waals surface area contributed by atoms with Gasteiger partial charge in [-0.15, -0.1) is 11.3 Å². The summed E-state index contributed by atoms with van der Waals surface area (Å²) in [5, 5.41) is 6.56. The summed E-state index contributed by atoms with van der Waals surface area (Å²) < 4.78 is 5.74. The molecule has 1 aromatic carbocycles. The number of fused-ring (bicyclic) bond motifs is 1. The van der Waals surface area contributed by atoms with Crippen molar-refractivity contribution in [1.82, 2.24) is 5.43 Å². The Morgan fingerprint density at radius 2 is 1.95 bits per heavy atom. The van der Waals surface area contributed by atoms with E-state index >= 15 is 0 Å². The van der Waals surface area contributed by atoms with E-state index in [4.69, 9.17) is 9.41 Å². The highest BCUT2D eigenvalue weighted by molar-refractivity contribution is 7.12. The van der Waals surface area contributed by atoms with E-state index in [0.29, 0.717) is 0 Å². The Bertz CT molecular complexity index is 875. The fraction of sp³-hybridized carbons (Fsp3) is 0.0588. The molecule has 0 unspecified atom stereocenters. The monoisotopic (exact) mass is 307 g/mol. The van der Waals surface area contributed by atoms with Crippen molar-refractivity contribution in [2.75, 3.05) is 0 Å². The number of hydrogen-bond donors (Lipinski definition) is 1. The molecule has 0 fully saturated rings. The van der Waals surface area contributed by atoms with Gasteiger partial charge in [-0.1, -0.05) is 24.3 Å². The van der Waals surface area contributed by atoms with E-state index < -0.39 is 0 Å². The van der Waals surface area contributed by atoms with Crippen molar-refractivity contribution in [3.05, 3.63) is 75.9 Å². The minimum absolute atomic E-state index is 0.736. The van der Waals surface area contributed by atoms with Crippen molar-refractivity contribution in [2.45, 2.75) is 6.92 Å². The maximum absolute atomic E-state index is 5.74. The molecule has 3 heterocycles. The second kappa shape index (κ2) is 5.27. The summed E-state index contributed by atoms with van der Waals surface area (Å²) in [7, 11) is 0. The van der Waals surface area contributed by atoms with Gasteiger partial charge in [0.25, 0.3) is 0 Å². The summed E-state index contributed by atoms with van der Waals surface area (Å²) in [4.78, 5) is 5.78. The van der Waals surface area contributed by atoms with E-state index in [9.17, 15) is 0 Å². The molecule has 0 saturated heterocycles. The van der Waals surface area contributed by atoms with Gasteiger partial charge in [0.1, 0.15) is 11.5 Å². The van der Waals surface area contributed by atoms with Gasteiger partial charge in [0.05, 0.1) is 10.6 Å². The standard InChI is InChI=1S/C17H13N3OS/c1-11-8-9-14(21-11)16-12-5-2-3-6-13(12)18-17(20-19-16)15-7-4-10-22-15/h2-10H,1H3,(H,18,20). The van der Waals surface area contributed by atoms with Crippen LogP contribution in [0.5, 0.6) is 0 Å². The molecule has 5 heteroatoms. The van der Waals surface area contributed by atoms with Crippen LogP contribution in [-0.4, -0.2) is 11.5 Å². The normalized spacial score (nSPS) is 13.7. The zero-order valence-electron chi connectivity index (χ0n) is 11.9. The molecule has 1 aliphatic heterocycles. The molecule has 0 aliphatic carbocycles. The summed E-state index contributed by atoms with van der Waals surface area (Å²) in [5.41, 5.74) is 5.67. The highest BCUT2D eigenvalue weighted by atomic mass is 32.1. The molecule has 4 nitrogen and oxygen atoms in total. The molecule has 3 aromatic rings. The average Bonchev–Trinajstić information content (AvgIpc) is 3.16. The number of para-hydroxylation sites is 1. The Balaban J connectivity index is 1.87. The minimum atomic E-state index is 0.736. The number of amidine groups is 1. The van der Waals surface area contributed by atoms with Gasteiger partial charge >= 0.3 is 0 Å². The van der Waals surface area contributed by atoms with E-state index in [1.807, 2.05) is 60.8 Å². The van der Waals surface area contributed by atoms with Crippen LogP contribution < -0.4 is 5.43 Å². The number of hydrogen-bond acceptors (Lipinski definition) is 5. The lowest BCUT2D eigenvalue weighted by Gasteiger charge is -2.04. The Morgan fingerprint density at radius 1 is 1.05 bits per heavy atom. The van der Waals surface area contributed by atoms with Crippen LogP contribution in [0.3, 0.4) is 0 Å². The maximum atomic E-state index is 5.74. The lowest BCUT2D eigenvalue weighted by molar-refractivity contribution is 0.525. The first-order valence-electron chi connectivity index (χ1n) is 6.94. The number of thiophene rings is 1. The minimum Gasteiger partial charge on any atom is -0.460 e. The summed E-state index contributed by atoms with van der Waals surface area (Å²) in [6.07, 6.45) is 0. The number of hydrazone groups is 1. The maximum Gasteiger partial charge on any atom is 0.164 e. The third-order valence-corrected chi connectivity index (χ3v) is 4.27. The highest BCUT2D eigenvalue weighted by Gasteiger charge is 2.19. The SMILES string of the molecule is Cc1ccc(C2=NNC(c3cccs3)=Nc3ccccc32)o1. The van der Waals surface area contributed by atoms with Crippen molar-refractivity contribution in [3.63, 3.8) is 0 Å². The van der Waals surface area contributed by atoms with Gasteiger partial charge in [-0.3, -0.25) is 5.43 Å². The first kappa shape index (κ1) is 13.0. The molecular formula is C17H13N3OS. The van der Waals surface area contributed by atoms with E-state index in [1.54, 1.807) is 11.3 Å². The summed E-state index contributed by atoms with van der Waals surface area (Å²) in [6, 6.07) is 15.9. The number of furan rings is 1. The predicted molar refractivity (Wildman–Crippen MR) is 89.2 cm³/mol. The Labute approximate surface area is 131 Å². The van der Waals surface area contributed by atoms with Crippen molar-refractivity contribution >= 4 is 28.6 Å². The average molecular weight is 307 g/mol. The molecule has 108 valence electrons. The summed E-state index contributed by atoms with van der Waals surface area (Å²) in [6.45, 7) is 1.92. The predicted octanol–water partition coefficient (Wildman–Crippen LogP) is 4.08. The van der Waals surface area contributed by atoms with Crippen molar-refractivity contribution < 1.29 is 4.42 Å². The highest BCUT2D eigenvalue weighted by Crippen LogP contribution is 2.26. The third-order valence-electron chi connectivity index (χ3n) is 3.39. The molecule has 1 N–H and O–H groups in total. The van der Waals surface area contributed by atoms with Crippen LogP contribution in [0.4, 0.5) is 5.69 Å². The van der Waals surface area contributed by atoms with E-state index in [-0.39, 0.29) is 0 Å². The molecule has 2 aromatic heterocycles. The Morgan fingerprint density at radius 3 is 2.73 bits per heavy atom. The third kappa shape index (κ3) is 2.25. The molecule has 0 amide bonds. The second-order valence-corrected chi connectivity index (χ2v) is 5.89. The van der Waals surface area contributed by atoms with Gasteiger partial charge in [-0.25, -0.2) is 4.99 Å². The quantitative estimate of drug-likeness (QED) is 0.775. The largest absolute Gasteiger partial charge is 0.460 e. The number of rotatable bonds is 2. The summed E-state index contributed by atoms with van der Waals surface area (Å²) in [5.74, 6) is 2.35. The molecule has 0 radical (unpaired) electrons. The number of aliphatic imine (C=N–C) groups is 1. The number of benzene rings is 1. The van der Waals surface area contributed by atoms with Crippen LogP contribution in [0, 0.1) is 6.92 Å². The molecule has 0 bridgehead atoms. The molecular weight excluding hydrogens is 294 g/mol. The zero-order valence-corrected chi connectivity index (χ0v) is 12.7. The van der Waals surface area contributed by atoms with Crippen molar-refractivity contribution in [1.29, 1.82) is 0 Å². The van der Waals surface area contributed by atoms with Crippen molar-refractivity contribution in [2.24, 2.45) is 10.1 Å². The van der Waals surface area contributed by atoms with Crippen LogP contribution in [0.1, 0.15) is 22.0 Å². The molecule has 1 aliphatic rings. The lowest BCUT2D eigenvalue weighted by atomic mass is 10.1. The first-order valence-corrected chi connectivity index (χ1v) is 7.82. The molecule has 4 rings (SSSR count). The van der Waals surface area contributed by atoms with Gasteiger partial charge in [0, 0.05) is 5.56 Å². The zero-order chi connectivity index (χ0) is 14.9. The molecule has 22 heavy (non-hydrogen) atoms. The van der Waals surface area contributed by atoms with Crippen LogP contribution >= 0.6 is 11.3 Å². The van der Waals surface area contributed by atoms with Crippen LogP contribution in [-0.2, 0) is 0 Å². The van der Waals surface area contributed by atoms with E-state index in [2.05, 4.69) is 10.5 Å². The Kier molecular flexibility index (Phi) is 3.12. The summed E-state index contributed by atoms with van der Waals surface area (Å²) >= 11 is 1.63. The molecule has 0 spiro atoms. The van der Waals surface area contributed by atoms with Crippen molar-refractivity contribution in [3.8, 4) is 0 Å².